The Bertz CT molecular complexity index is 591. The number of rotatable bonds is 5. The molecule has 1 aromatic carbocycles. The van der Waals surface area contributed by atoms with Gasteiger partial charge in [0.1, 0.15) is 0 Å². The van der Waals surface area contributed by atoms with Crippen LogP contribution in [0.15, 0.2) is 24.3 Å². The predicted molar refractivity (Wildman–Crippen MR) is 82.5 cm³/mol. The van der Waals surface area contributed by atoms with Gasteiger partial charge in [0.2, 0.25) is 17.2 Å². The zero-order valence-corrected chi connectivity index (χ0v) is 12.7. The Morgan fingerprint density at radius 3 is 2.50 bits per heavy atom. The van der Waals surface area contributed by atoms with Crippen molar-refractivity contribution in [2.75, 3.05) is 17.2 Å². The molecule has 7 heteroatoms. The molecule has 0 fully saturated rings. The van der Waals surface area contributed by atoms with E-state index in [2.05, 4.69) is 25.6 Å². The second-order valence-corrected chi connectivity index (χ2v) is 4.91. The lowest BCUT2D eigenvalue weighted by molar-refractivity contribution is 0.853. The molecule has 1 atom stereocenters. The van der Waals surface area contributed by atoms with Gasteiger partial charge in [0.25, 0.3) is 0 Å². The van der Waals surface area contributed by atoms with Crippen molar-refractivity contribution in [1.29, 1.82) is 0 Å². The fourth-order valence-electron chi connectivity index (χ4n) is 1.75. The van der Waals surface area contributed by atoms with Gasteiger partial charge >= 0.3 is 0 Å². The summed E-state index contributed by atoms with van der Waals surface area (Å²) < 4.78 is 0. The summed E-state index contributed by atoms with van der Waals surface area (Å²) in [4.78, 5) is 12.3. The van der Waals surface area contributed by atoms with Gasteiger partial charge in [0.05, 0.1) is 6.04 Å². The first kappa shape index (κ1) is 14.8. The van der Waals surface area contributed by atoms with Gasteiger partial charge < -0.3 is 10.6 Å². The Morgan fingerprint density at radius 1 is 1.10 bits per heavy atom. The van der Waals surface area contributed by atoms with Gasteiger partial charge in [-0.15, -0.1) is 0 Å². The van der Waals surface area contributed by atoms with E-state index in [1.807, 2.05) is 38.1 Å². The van der Waals surface area contributed by atoms with E-state index in [4.69, 9.17) is 23.2 Å². The third-order valence-electron chi connectivity index (χ3n) is 2.66. The molecule has 0 spiro atoms. The fraction of sp³-hybridized carbons (Fsp3) is 0.308. The predicted octanol–water partition coefficient (Wildman–Crippen LogP) is 3.78. The number of hydrogen-bond acceptors (Lipinski definition) is 5. The molecule has 0 aliphatic heterocycles. The van der Waals surface area contributed by atoms with Crippen LogP contribution in [0.2, 0.25) is 10.3 Å². The van der Waals surface area contributed by atoms with Crippen molar-refractivity contribution in [1.82, 2.24) is 15.0 Å². The van der Waals surface area contributed by atoms with Gasteiger partial charge in [0.15, 0.2) is 0 Å². The van der Waals surface area contributed by atoms with Crippen LogP contribution in [0.3, 0.4) is 0 Å². The zero-order valence-electron chi connectivity index (χ0n) is 11.2. The molecule has 2 aromatic rings. The van der Waals surface area contributed by atoms with E-state index in [1.165, 1.54) is 0 Å². The van der Waals surface area contributed by atoms with Crippen molar-refractivity contribution in [2.24, 2.45) is 0 Å². The molecule has 0 radical (unpaired) electrons. The number of aromatic nitrogens is 3. The van der Waals surface area contributed by atoms with Gasteiger partial charge in [-0.25, -0.2) is 0 Å². The third-order valence-corrected chi connectivity index (χ3v) is 3.17. The summed E-state index contributed by atoms with van der Waals surface area (Å²) >= 11 is 12.0. The molecule has 0 aliphatic rings. The molecule has 1 heterocycles. The van der Waals surface area contributed by atoms with Crippen LogP contribution in [0.1, 0.15) is 25.5 Å². The molecule has 1 aromatic heterocycles. The Kier molecular flexibility index (Phi) is 4.98. The van der Waals surface area contributed by atoms with E-state index in [9.17, 15) is 0 Å². The second-order valence-electron chi connectivity index (χ2n) is 4.17. The molecule has 106 valence electrons. The average molecular weight is 312 g/mol. The quantitative estimate of drug-likeness (QED) is 0.879. The highest BCUT2D eigenvalue weighted by atomic mass is 35.5. The highest BCUT2D eigenvalue weighted by Gasteiger charge is 2.12. The molecule has 20 heavy (non-hydrogen) atoms. The lowest BCUT2D eigenvalue weighted by atomic mass is 10.1. The van der Waals surface area contributed by atoms with Gasteiger partial charge in [0, 0.05) is 11.6 Å². The fourth-order valence-corrected chi connectivity index (χ4v) is 2.21. The average Bonchev–Trinajstić information content (AvgIpc) is 2.38. The molecule has 5 nitrogen and oxygen atoms in total. The highest BCUT2D eigenvalue weighted by molar-refractivity contribution is 6.31. The van der Waals surface area contributed by atoms with Crippen LogP contribution >= 0.6 is 23.2 Å². The summed E-state index contributed by atoms with van der Waals surface area (Å²) in [7, 11) is 0. The minimum absolute atomic E-state index is 0.0448. The monoisotopic (exact) mass is 311 g/mol. The standard InChI is InChI=1S/C13H15Cl2N5/c1-3-16-12-18-11(15)19-13(20-12)17-8(2)9-6-4-5-7-10(9)14/h4-8H,3H2,1-2H3,(H2,16,17,18,19,20). The van der Waals surface area contributed by atoms with E-state index >= 15 is 0 Å². The smallest absolute Gasteiger partial charge is 0.229 e. The van der Waals surface area contributed by atoms with E-state index in [0.29, 0.717) is 23.5 Å². The first-order valence-electron chi connectivity index (χ1n) is 6.26. The van der Waals surface area contributed by atoms with E-state index in [1.54, 1.807) is 0 Å². The van der Waals surface area contributed by atoms with Gasteiger partial charge in [-0.1, -0.05) is 29.8 Å². The van der Waals surface area contributed by atoms with Crippen molar-refractivity contribution in [3.8, 4) is 0 Å². The number of halogens is 2. The molecule has 0 bridgehead atoms. The van der Waals surface area contributed by atoms with Crippen LogP contribution in [0.25, 0.3) is 0 Å². The highest BCUT2D eigenvalue weighted by Crippen LogP contribution is 2.24. The summed E-state index contributed by atoms with van der Waals surface area (Å²) in [5.41, 5.74) is 0.968. The van der Waals surface area contributed by atoms with Crippen molar-refractivity contribution in [3.05, 3.63) is 40.1 Å². The molecule has 0 saturated carbocycles. The molecule has 0 amide bonds. The zero-order chi connectivity index (χ0) is 14.5. The van der Waals surface area contributed by atoms with Crippen molar-refractivity contribution in [2.45, 2.75) is 19.9 Å². The SMILES string of the molecule is CCNc1nc(Cl)nc(NC(C)c2ccccc2Cl)n1. The Hall–Kier alpha value is -1.59. The van der Waals surface area contributed by atoms with Crippen molar-refractivity contribution in [3.63, 3.8) is 0 Å². The summed E-state index contributed by atoms with van der Waals surface area (Å²) in [5.74, 6) is 0.856. The lowest BCUT2D eigenvalue weighted by Crippen LogP contribution is -2.12. The minimum Gasteiger partial charge on any atom is -0.354 e. The van der Waals surface area contributed by atoms with Crippen LogP contribution in [0.4, 0.5) is 11.9 Å². The van der Waals surface area contributed by atoms with Crippen LogP contribution < -0.4 is 10.6 Å². The molecule has 0 aliphatic carbocycles. The summed E-state index contributed by atoms with van der Waals surface area (Å²) in [6.07, 6.45) is 0. The maximum Gasteiger partial charge on any atom is 0.229 e. The lowest BCUT2D eigenvalue weighted by Gasteiger charge is -2.16. The first-order valence-corrected chi connectivity index (χ1v) is 7.02. The second kappa shape index (κ2) is 6.72. The normalized spacial score (nSPS) is 12.0. The van der Waals surface area contributed by atoms with E-state index < -0.39 is 0 Å². The van der Waals surface area contributed by atoms with E-state index in [0.717, 1.165) is 5.56 Å². The Labute approximate surface area is 127 Å². The molecular formula is C13H15Cl2N5. The number of anilines is 2. The van der Waals surface area contributed by atoms with Crippen molar-refractivity contribution < 1.29 is 0 Å². The molecule has 1 unspecified atom stereocenters. The molecule has 2 rings (SSSR count). The largest absolute Gasteiger partial charge is 0.354 e. The number of nitrogens with zero attached hydrogens (tertiary/aromatic N) is 3. The maximum atomic E-state index is 6.17. The maximum absolute atomic E-state index is 6.17. The van der Waals surface area contributed by atoms with Gasteiger partial charge in [-0.3, -0.25) is 0 Å². The summed E-state index contributed by atoms with van der Waals surface area (Å²) in [5, 5.41) is 7.01. The number of nitrogens with one attached hydrogen (secondary N) is 2. The molecular weight excluding hydrogens is 297 g/mol. The van der Waals surface area contributed by atoms with Crippen LogP contribution in [-0.2, 0) is 0 Å². The third kappa shape index (κ3) is 3.71. The number of hydrogen-bond donors (Lipinski definition) is 2. The topological polar surface area (TPSA) is 62.7 Å². The van der Waals surface area contributed by atoms with Gasteiger partial charge in [-0.05, 0) is 37.1 Å². The van der Waals surface area contributed by atoms with Crippen LogP contribution in [0.5, 0.6) is 0 Å². The van der Waals surface area contributed by atoms with Crippen LogP contribution in [0, 0.1) is 0 Å². The Morgan fingerprint density at radius 2 is 1.80 bits per heavy atom. The summed E-state index contributed by atoms with van der Waals surface area (Å²) in [6.45, 7) is 4.64. The molecule has 0 saturated heterocycles. The van der Waals surface area contributed by atoms with Crippen molar-refractivity contribution >= 4 is 35.1 Å². The first-order chi connectivity index (χ1) is 9.60. The summed E-state index contributed by atoms with van der Waals surface area (Å²) in [6, 6.07) is 7.58. The van der Waals surface area contributed by atoms with E-state index in [-0.39, 0.29) is 11.3 Å². The molecule has 2 N–H and O–H groups in total. The minimum atomic E-state index is -0.0448. The van der Waals surface area contributed by atoms with Gasteiger partial charge in [-0.2, -0.15) is 15.0 Å². The Balaban J connectivity index is 2.19. The van der Waals surface area contributed by atoms with Crippen LogP contribution in [-0.4, -0.2) is 21.5 Å². The number of benzene rings is 1.